The maximum absolute atomic E-state index is 9.06. The van der Waals surface area contributed by atoms with Crippen LogP contribution in [0, 0.1) is 0 Å². The van der Waals surface area contributed by atoms with Crippen LogP contribution in [0.3, 0.4) is 0 Å². The van der Waals surface area contributed by atoms with Crippen LogP contribution in [-0.4, -0.2) is 78.7 Å². The van der Waals surface area contributed by atoms with Crippen molar-refractivity contribution >= 4 is 17.8 Å². The van der Waals surface area contributed by atoms with E-state index in [1.54, 1.807) is 9.80 Å². The molecule has 0 saturated carbocycles. The van der Waals surface area contributed by atoms with E-state index in [1.165, 1.54) is 0 Å². The van der Waals surface area contributed by atoms with E-state index in [-0.39, 0.29) is 13.2 Å². The van der Waals surface area contributed by atoms with Crippen molar-refractivity contribution in [3.63, 3.8) is 0 Å². The molecule has 0 aliphatic carbocycles. The average molecular weight is 298 g/mol. The van der Waals surface area contributed by atoms with Gasteiger partial charge in [0.1, 0.15) is 0 Å². The van der Waals surface area contributed by atoms with E-state index >= 15 is 0 Å². The van der Waals surface area contributed by atoms with Gasteiger partial charge in [-0.3, -0.25) is 0 Å². The summed E-state index contributed by atoms with van der Waals surface area (Å²) < 4.78 is 0. The largest absolute Gasteiger partial charge is 0.395 e. The van der Waals surface area contributed by atoms with Gasteiger partial charge in [0.15, 0.2) is 0 Å². The van der Waals surface area contributed by atoms with Gasteiger partial charge in [0.05, 0.1) is 13.2 Å². The Bertz CT molecular complexity index is 397. The molecule has 0 amide bonds. The van der Waals surface area contributed by atoms with E-state index < -0.39 is 0 Å². The summed E-state index contributed by atoms with van der Waals surface area (Å²) in [5.41, 5.74) is 0. The minimum atomic E-state index is 0.0323. The third kappa shape index (κ3) is 4.68. The lowest BCUT2D eigenvalue weighted by Crippen LogP contribution is -2.31. The van der Waals surface area contributed by atoms with E-state index in [1.807, 2.05) is 32.8 Å². The molecule has 0 radical (unpaired) electrons. The van der Waals surface area contributed by atoms with E-state index in [9.17, 15) is 0 Å². The van der Waals surface area contributed by atoms with E-state index in [4.69, 9.17) is 10.2 Å². The molecule has 1 aromatic heterocycles. The molecule has 0 fully saturated rings. The number of likely N-dealkylation sites (N-methyl/N-ethyl adjacent to an activating group) is 2. The first kappa shape index (κ1) is 17.4. The first-order valence-corrected chi connectivity index (χ1v) is 7.22. The Morgan fingerprint density at radius 2 is 1.14 bits per heavy atom. The van der Waals surface area contributed by atoms with Gasteiger partial charge in [0.2, 0.25) is 17.8 Å². The highest BCUT2D eigenvalue weighted by molar-refractivity contribution is 5.45. The van der Waals surface area contributed by atoms with Crippen molar-refractivity contribution in [1.29, 1.82) is 0 Å². The van der Waals surface area contributed by atoms with Gasteiger partial charge in [-0.25, -0.2) is 0 Å². The number of rotatable bonds is 9. The third-order valence-electron chi connectivity index (χ3n) is 3.20. The molecule has 0 saturated heterocycles. The van der Waals surface area contributed by atoms with Gasteiger partial charge in [-0.1, -0.05) is 0 Å². The molecule has 0 aliphatic rings. The van der Waals surface area contributed by atoms with Crippen LogP contribution in [0.15, 0.2) is 0 Å². The van der Waals surface area contributed by atoms with Crippen molar-refractivity contribution in [2.75, 3.05) is 68.2 Å². The summed E-state index contributed by atoms with van der Waals surface area (Å²) in [6, 6.07) is 0. The molecule has 0 unspecified atom stereocenters. The van der Waals surface area contributed by atoms with Crippen LogP contribution in [0.2, 0.25) is 0 Å². The summed E-state index contributed by atoms with van der Waals surface area (Å²) >= 11 is 0. The zero-order valence-electron chi connectivity index (χ0n) is 13.3. The minimum Gasteiger partial charge on any atom is -0.395 e. The molecule has 0 aliphatic heterocycles. The highest BCUT2D eigenvalue weighted by Gasteiger charge is 2.15. The molecule has 120 valence electrons. The zero-order valence-corrected chi connectivity index (χ0v) is 13.3. The Balaban J connectivity index is 3.18. The number of aliphatic hydroxyl groups is 2. The topological polar surface area (TPSA) is 88.9 Å². The molecular formula is C13H26N6O2. The Kier molecular flexibility index (Phi) is 7.10. The molecule has 8 heteroatoms. The number of hydrogen-bond acceptors (Lipinski definition) is 8. The normalized spacial score (nSPS) is 10.6. The van der Waals surface area contributed by atoms with Crippen LogP contribution in [-0.2, 0) is 0 Å². The van der Waals surface area contributed by atoms with E-state index in [0.29, 0.717) is 30.9 Å². The van der Waals surface area contributed by atoms with E-state index in [0.717, 1.165) is 13.1 Å². The van der Waals surface area contributed by atoms with Crippen molar-refractivity contribution in [3.8, 4) is 0 Å². The standard InChI is InChI=1S/C13H26N6O2/c1-5-19(6-2)13-15-11(17(3)7-9-20)14-12(16-13)18(4)8-10-21/h20-21H,5-10H2,1-4H3. The van der Waals surface area contributed by atoms with E-state index in [2.05, 4.69) is 15.0 Å². The molecule has 0 atom stereocenters. The molecule has 0 aromatic carbocycles. The Hall–Kier alpha value is -1.67. The molecule has 0 bridgehead atoms. The van der Waals surface area contributed by atoms with Crippen molar-refractivity contribution in [3.05, 3.63) is 0 Å². The predicted molar refractivity (Wildman–Crippen MR) is 84.1 cm³/mol. The second-order valence-electron chi connectivity index (χ2n) is 4.70. The van der Waals surface area contributed by atoms with Crippen LogP contribution < -0.4 is 14.7 Å². The molecular weight excluding hydrogens is 272 g/mol. The van der Waals surface area contributed by atoms with Crippen LogP contribution in [0.25, 0.3) is 0 Å². The molecule has 1 rings (SSSR count). The number of hydrogen-bond donors (Lipinski definition) is 2. The SMILES string of the molecule is CCN(CC)c1nc(N(C)CCO)nc(N(C)CCO)n1. The Morgan fingerprint density at radius 3 is 1.48 bits per heavy atom. The van der Waals surface area contributed by atoms with Crippen LogP contribution >= 0.6 is 0 Å². The van der Waals surface area contributed by atoms with Crippen LogP contribution in [0.1, 0.15) is 13.8 Å². The van der Waals surface area contributed by atoms with Gasteiger partial charge in [-0.05, 0) is 13.8 Å². The number of aromatic nitrogens is 3. The Morgan fingerprint density at radius 1 is 0.762 bits per heavy atom. The van der Waals surface area contributed by atoms with Gasteiger partial charge in [0, 0.05) is 40.3 Å². The fourth-order valence-corrected chi connectivity index (χ4v) is 1.83. The van der Waals surface area contributed by atoms with Gasteiger partial charge >= 0.3 is 0 Å². The predicted octanol–water partition coefficient (Wildman–Crippen LogP) is -0.425. The first-order valence-electron chi connectivity index (χ1n) is 7.22. The lowest BCUT2D eigenvalue weighted by Gasteiger charge is -2.24. The third-order valence-corrected chi connectivity index (χ3v) is 3.20. The lowest BCUT2D eigenvalue weighted by atomic mass is 10.5. The number of nitrogens with zero attached hydrogens (tertiary/aromatic N) is 6. The Labute approximate surface area is 126 Å². The molecule has 0 spiro atoms. The highest BCUT2D eigenvalue weighted by Crippen LogP contribution is 2.17. The summed E-state index contributed by atoms with van der Waals surface area (Å²) in [6.07, 6.45) is 0. The maximum Gasteiger partial charge on any atom is 0.231 e. The van der Waals surface area contributed by atoms with Crippen molar-refractivity contribution in [1.82, 2.24) is 15.0 Å². The molecule has 1 aromatic rings. The maximum atomic E-state index is 9.06. The van der Waals surface area contributed by atoms with Crippen LogP contribution in [0.5, 0.6) is 0 Å². The van der Waals surface area contributed by atoms with Gasteiger partial charge in [-0.2, -0.15) is 15.0 Å². The molecule has 8 nitrogen and oxygen atoms in total. The van der Waals surface area contributed by atoms with Gasteiger partial charge in [-0.15, -0.1) is 0 Å². The molecule has 2 N–H and O–H groups in total. The molecule has 21 heavy (non-hydrogen) atoms. The second kappa shape index (κ2) is 8.58. The first-order chi connectivity index (χ1) is 10.1. The minimum absolute atomic E-state index is 0.0323. The quantitative estimate of drug-likeness (QED) is 0.635. The summed E-state index contributed by atoms with van der Waals surface area (Å²) in [5, 5.41) is 18.1. The van der Waals surface area contributed by atoms with Crippen molar-refractivity contribution in [2.24, 2.45) is 0 Å². The fraction of sp³-hybridized carbons (Fsp3) is 0.769. The monoisotopic (exact) mass is 298 g/mol. The summed E-state index contributed by atoms with van der Waals surface area (Å²) in [7, 11) is 3.65. The van der Waals surface area contributed by atoms with Crippen molar-refractivity contribution in [2.45, 2.75) is 13.8 Å². The van der Waals surface area contributed by atoms with Gasteiger partial charge in [0.25, 0.3) is 0 Å². The lowest BCUT2D eigenvalue weighted by molar-refractivity contribution is 0.303. The summed E-state index contributed by atoms with van der Waals surface area (Å²) in [4.78, 5) is 18.9. The van der Waals surface area contributed by atoms with Crippen molar-refractivity contribution < 1.29 is 10.2 Å². The van der Waals surface area contributed by atoms with Gasteiger partial charge < -0.3 is 24.9 Å². The summed E-state index contributed by atoms with van der Waals surface area (Å²) in [6.45, 7) is 6.65. The number of aliphatic hydroxyl groups excluding tert-OH is 2. The average Bonchev–Trinajstić information content (AvgIpc) is 2.48. The zero-order chi connectivity index (χ0) is 15.8. The van der Waals surface area contributed by atoms with Crippen LogP contribution in [0.4, 0.5) is 17.8 Å². The highest BCUT2D eigenvalue weighted by atomic mass is 16.3. The smallest absolute Gasteiger partial charge is 0.231 e. The second-order valence-corrected chi connectivity index (χ2v) is 4.70. The number of anilines is 3. The fourth-order valence-electron chi connectivity index (χ4n) is 1.83. The molecule has 1 heterocycles. The summed E-state index contributed by atoms with van der Waals surface area (Å²) in [5.74, 6) is 1.64.